The number of hydrogen-bond donors (Lipinski definition) is 1. The van der Waals surface area contributed by atoms with Crippen LogP contribution in [-0.2, 0) is 14.8 Å². The van der Waals surface area contributed by atoms with Gasteiger partial charge in [0.1, 0.15) is 11.8 Å². The first-order valence-electron chi connectivity index (χ1n) is 8.56. The second-order valence-electron chi connectivity index (χ2n) is 6.40. The molecule has 0 radical (unpaired) electrons. The maximum Gasteiger partial charge on any atom is 0.244 e. The number of nitrogens with zero attached hydrogens (tertiary/aromatic N) is 1. The smallest absolute Gasteiger partial charge is 0.244 e. The van der Waals surface area contributed by atoms with Crippen molar-refractivity contribution in [1.82, 2.24) is 4.31 Å². The average Bonchev–Trinajstić information content (AvgIpc) is 3.15. The minimum atomic E-state index is -3.80. The van der Waals surface area contributed by atoms with Gasteiger partial charge >= 0.3 is 0 Å². The lowest BCUT2D eigenvalue weighted by Gasteiger charge is -2.24. The third-order valence-electron chi connectivity index (χ3n) is 4.60. The number of carbonyl (C=O) groups excluding carboxylic acids is 1. The topological polar surface area (TPSA) is 75.7 Å². The lowest BCUT2D eigenvalue weighted by atomic mass is 10.2. The molecule has 0 spiro atoms. The van der Waals surface area contributed by atoms with E-state index < -0.39 is 16.1 Å². The van der Waals surface area contributed by atoms with Gasteiger partial charge < -0.3 is 10.1 Å². The highest BCUT2D eigenvalue weighted by atomic mass is 127. The molecule has 3 rings (SSSR count). The number of anilines is 1. The van der Waals surface area contributed by atoms with Gasteiger partial charge in [-0.2, -0.15) is 4.31 Å². The maximum atomic E-state index is 13.2. The molecular formula is C19H21IN2O4S. The van der Waals surface area contributed by atoms with Gasteiger partial charge in [-0.05, 0) is 78.3 Å². The summed E-state index contributed by atoms with van der Waals surface area (Å²) in [4.78, 5) is 12.9. The Bertz CT molecular complexity index is 945. The van der Waals surface area contributed by atoms with E-state index in [0.29, 0.717) is 36.4 Å². The van der Waals surface area contributed by atoms with Gasteiger partial charge in [-0.15, -0.1) is 0 Å². The van der Waals surface area contributed by atoms with Gasteiger partial charge in [0.05, 0.1) is 12.0 Å². The van der Waals surface area contributed by atoms with E-state index in [1.807, 2.05) is 12.1 Å². The number of ether oxygens (including phenoxy) is 1. The highest BCUT2D eigenvalue weighted by molar-refractivity contribution is 14.1. The largest absolute Gasteiger partial charge is 0.497 e. The number of hydrogen-bond acceptors (Lipinski definition) is 4. The summed E-state index contributed by atoms with van der Waals surface area (Å²) >= 11 is 2.19. The Morgan fingerprint density at radius 1 is 1.22 bits per heavy atom. The zero-order valence-corrected chi connectivity index (χ0v) is 18.1. The second-order valence-corrected chi connectivity index (χ2v) is 9.51. The molecule has 6 nitrogen and oxygen atoms in total. The van der Waals surface area contributed by atoms with Crippen LogP contribution in [0.2, 0.25) is 0 Å². The molecule has 0 aliphatic carbocycles. The third-order valence-corrected chi connectivity index (χ3v) is 7.37. The fourth-order valence-corrected chi connectivity index (χ4v) is 5.42. The summed E-state index contributed by atoms with van der Waals surface area (Å²) in [6.45, 7) is 2.06. The van der Waals surface area contributed by atoms with Crippen molar-refractivity contribution < 1.29 is 17.9 Å². The summed E-state index contributed by atoms with van der Waals surface area (Å²) in [5.74, 6) is 0.163. The van der Waals surface area contributed by atoms with Crippen LogP contribution in [-0.4, -0.2) is 38.3 Å². The molecule has 0 saturated carbocycles. The van der Waals surface area contributed by atoms with Gasteiger partial charge in [-0.25, -0.2) is 8.42 Å². The molecule has 1 aliphatic heterocycles. The molecule has 27 heavy (non-hydrogen) atoms. The van der Waals surface area contributed by atoms with E-state index in [-0.39, 0.29) is 10.8 Å². The van der Waals surface area contributed by atoms with Crippen molar-refractivity contribution in [2.24, 2.45) is 0 Å². The maximum absolute atomic E-state index is 13.2. The SMILES string of the molecule is COc1ccc(C)c(S(=O)(=O)N2CCCC2C(=O)Nc2ccc(I)cc2)c1. The molecule has 2 aromatic carbocycles. The number of halogens is 1. The monoisotopic (exact) mass is 500 g/mol. The standard InChI is InChI=1S/C19H21IN2O4S/c1-13-5-10-16(26-2)12-18(13)27(24,25)22-11-3-4-17(22)19(23)21-15-8-6-14(20)7-9-15/h5-10,12,17H,3-4,11H2,1-2H3,(H,21,23). The number of benzene rings is 2. The van der Waals surface area contributed by atoms with Crippen LogP contribution in [0, 0.1) is 10.5 Å². The first-order valence-corrected chi connectivity index (χ1v) is 11.1. The Morgan fingerprint density at radius 3 is 2.59 bits per heavy atom. The molecule has 1 amide bonds. The number of sulfonamides is 1. The second kappa shape index (κ2) is 8.15. The van der Waals surface area contributed by atoms with Crippen molar-refractivity contribution in [3.8, 4) is 5.75 Å². The normalized spacial score (nSPS) is 17.7. The van der Waals surface area contributed by atoms with Crippen LogP contribution in [0.4, 0.5) is 5.69 Å². The lowest BCUT2D eigenvalue weighted by Crippen LogP contribution is -2.43. The Balaban J connectivity index is 1.86. The molecular weight excluding hydrogens is 479 g/mol. The molecule has 1 N–H and O–H groups in total. The molecule has 144 valence electrons. The molecule has 8 heteroatoms. The van der Waals surface area contributed by atoms with Gasteiger partial charge in [0, 0.05) is 21.9 Å². The molecule has 1 aliphatic rings. The number of rotatable bonds is 5. The summed E-state index contributed by atoms with van der Waals surface area (Å²) in [5.41, 5.74) is 1.28. The molecule has 1 unspecified atom stereocenters. The van der Waals surface area contributed by atoms with Crippen LogP contribution in [0.1, 0.15) is 18.4 Å². The summed E-state index contributed by atoms with van der Waals surface area (Å²) in [5, 5.41) is 2.83. The van der Waals surface area contributed by atoms with Crippen LogP contribution in [0.25, 0.3) is 0 Å². The van der Waals surface area contributed by atoms with Gasteiger partial charge in [0.2, 0.25) is 15.9 Å². The number of aryl methyl sites for hydroxylation is 1. The first-order chi connectivity index (χ1) is 12.8. The van der Waals surface area contributed by atoms with E-state index in [9.17, 15) is 13.2 Å². The van der Waals surface area contributed by atoms with Crippen molar-refractivity contribution in [2.45, 2.75) is 30.7 Å². The average molecular weight is 500 g/mol. The quantitative estimate of drug-likeness (QED) is 0.639. The summed E-state index contributed by atoms with van der Waals surface area (Å²) in [6, 6.07) is 11.6. The van der Waals surface area contributed by atoms with Crippen LogP contribution >= 0.6 is 22.6 Å². The molecule has 0 aromatic heterocycles. The minimum absolute atomic E-state index is 0.177. The zero-order chi connectivity index (χ0) is 19.6. The van der Waals surface area contributed by atoms with Crippen LogP contribution in [0.15, 0.2) is 47.4 Å². The summed E-state index contributed by atoms with van der Waals surface area (Å²) in [6.07, 6.45) is 1.14. The van der Waals surface area contributed by atoms with Crippen molar-refractivity contribution >= 4 is 44.2 Å². The van der Waals surface area contributed by atoms with E-state index in [4.69, 9.17) is 4.74 Å². The number of nitrogens with one attached hydrogen (secondary N) is 1. The van der Waals surface area contributed by atoms with Crippen molar-refractivity contribution in [3.63, 3.8) is 0 Å². The third kappa shape index (κ3) is 4.27. The highest BCUT2D eigenvalue weighted by Crippen LogP contribution is 2.30. The van der Waals surface area contributed by atoms with Crippen molar-refractivity contribution in [2.75, 3.05) is 19.0 Å². The highest BCUT2D eigenvalue weighted by Gasteiger charge is 2.40. The molecule has 0 bridgehead atoms. The predicted molar refractivity (Wildman–Crippen MR) is 112 cm³/mol. The molecule has 1 saturated heterocycles. The van der Waals surface area contributed by atoms with E-state index in [1.54, 1.807) is 31.2 Å². The van der Waals surface area contributed by atoms with Crippen LogP contribution < -0.4 is 10.1 Å². The Labute approximate surface area is 173 Å². The Kier molecular flexibility index (Phi) is 6.07. The molecule has 1 atom stereocenters. The number of amides is 1. The summed E-state index contributed by atoms with van der Waals surface area (Å²) < 4.78 is 34.0. The van der Waals surface area contributed by atoms with E-state index in [1.165, 1.54) is 17.5 Å². The zero-order valence-electron chi connectivity index (χ0n) is 15.1. The van der Waals surface area contributed by atoms with Gasteiger partial charge in [0.15, 0.2) is 0 Å². The van der Waals surface area contributed by atoms with Crippen molar-refractivity contribution in [3.05, 3.63) is 51.6 Å². The fraction of sp³-hybridized carbons (Fsp3) is 0.316. The van der Waals surface area contributed by atoms with E-state index in [2.05, 4.69) is 27.9 Å². The Hall–Kier alpha value is -1.65. The molecule has 1 heterocycles. The molecule has 2 aromatic rings. The van der Waals surface area contributed by atoms with Crippen LogP contribution in [0.3, 0.4) is 0 Å². The van der Waals surface area contributed by atoms with Crippen LogP contribution in [0.5, 0.6) is 5.75 Å². The van der Waals surface area contributed by atoms with Gasteiger partial charge in [-0.1, -0.05) is 6.07 Å². The number of methoxy groups -OCH3 is 1. The lowest BCUT2D eigenvalue weighted by molar-refractivity contribution is -0.119. The van der Waals surface area contributed by atoms with E-state index >= 15 is 0 Å². The van der Waals surface area contributed by atoms with E-state index in [0.717, 1.165) is 3.57 Å². The Morgan fingerprint density at radius 2 is 1.93 bits per heavy atom. The predicted octanol–water partition coefficient (Wildman–Crippen LogP) is 3.40. The summed E-state index contributed by atoms with van der Waals surface area (Å²) in [7, 11) is -2.31. The van der Waals surface area contributed by atoms with Gasteiger partial charge in [-0.3, -0.25) is 4.79 Å². The number of carbonyl (C=O) groups is 1. The van der Waals surface area contributed by atoms with Crippen molar-refractivity contribution in [1.29, 1.82) is 0 Å². The minimum Gasteiger partial charge on any atom is -0.497 e. The fourth-order valence-electron chi connectivity index (χ4n) is 3.16. The van der Waals surface area contributed by atoms with Gasteiger partial charge in [0.25, 0.3) is 0 Å². The molecule has 1 fully saturated rings. The first kappa shape index (κ1) is 20.1.